The first kappa shape index (κ1) is 15.9. The molecule has 18 heavy (non-hydrogen) atoms. The summed E-state index contributed by atoms with van der Waals surface area (Å²) in [4.78, 5) is 6.94. The Morgan fingerprint density at radius 2 is 1.78 bits per heavy atom. The Kier molecular flexibility index (Phi) is 8.63. The molecule has 0 radical (unpaired) electrons. The number of aryl methyl sites for hydroxylation is 1. The molecule has 0 N–H and O–H groups in total. The molecule has 5 heteroatoms. The number of aromatic nitrogens is 2. The van der Waals surface area contributed by atoms with Gasteiger partial charge < -0.3 is 4.57 Å². The van der Waals surface area contributed by atoms with Crippen LogP contribution in [-0.2, 0) is 13.6 Å². The third kappa shape index (κ3) is 6.71. The van der Waals surface area contributed by atoms with Crippen molar-refractivity contribution >= 4 is 23.5 Å². The third-order valence-corrected chi connectivity index (χ3v) is 4.41. The first-order valence-electron chi connectivity index (χ1n) is 6.61. The summed E-state index contributed by atoms with van der Waals surface area (Å²) in [5, 5.41) is 0. The molecule has 0 aliphatic heterocycles. The average molecular weight is 287 g/mol. The van der Waals surface area contributed by atoms with Crippen LogP contribution in [0.3, 0.4) is 0 Å². The van der Waals surface area contributed by atoms with Gasteiger partial charge in [0.25, 0.3) is 0 Å². The van der Waals surface area contributed by atoms with Gasteiger partial charge in [-0.1, -0.05) is 13.8 Å². The van der Waals surface area contributed by atoms with E-state index >= 15 is 0 Å². The van der Waals surface area contributed by atoms with Gasteiger partial charge in [-0.05, 0) is 11.5 Å². The molecular formula is C13H25N3S2. The molecule has 0 bridgehead atoms. The van der Waals surface area contributed by atoms with Crippen LogP contribution in [0.4, 0.5) is 0 Å². The highest BCUT2D eigenvalue weighted by Crippen LogP contribution is 2.07. The summed E-state index contributed by atoms with van der Waals surface area (Å²) in [6.07, 6.45) is 4.00. The van der Waals surface area contributed by atoms with Crippen LogP contribution in [0.1, 0.15) is 19.5 Å². The minimum Gasteiger partial charge on any atom is -0.340 e. The fourth-order valence-corrected chi connectivity index (χ4v) is 3.08. The molecule has 1 aromatic rings. The minimum absolute atomic E-state index is 0.982. The standard InChI is InChI=1S/C13H25N3S2/c1-4-17-8-6-16(7-9-18-5-2)11-13-10-15(3)12-14-13/h10,12H,4-9,11H2,1-3H3. The first-order valence-corrected chi connectivity index (χ1v) is 8.91. The van der Waals surface area contributed by atoms with Gasteiger partial charge in [-0.2, -0.15) is 23.5 Å². The van der Waals surface area contributed by atoms with Gasteiger partial charge >= 0.3 is 0 Å². The van der Waals surface area contributed by atoms with Gasteiger partial charge in [0.15, 0.2) is 0 Å². The molecule has 0 aliphatic rings. The zero-order valence-electron chi connectivity index (χ0n) is 11.8. The minimum atomic E-state index is 0.982. The molecule has 0 fully saturated rings. The Balaban J connectivity index is 2.37. The zero-order valence-corrected chi connectivity index (χ0v) is 13.4. The van der Waals surface area contributed by atoms with Gasteiger partial charge in [0.2, 0.25) is 0 Å². The van der Waals surface area contributed by atoms with E-state index in [1.54, 1.807) is 0 Å². The molecule has 0 spiro atoms. The van der Waals surface area contributed by atoms with Crippen molar-refractivity contribution in [1.29, 1.82) is 0 Å². The van der Waals surface area contributed by atoms with Gasteiger partial charge in [0.1, 0.15) is 0 Å². The second kappa shape index (κ2) is 9.75. The summed E-state index contributed by atoms with van der Waals surface area (Å²) in [6.45, 7) is 7.76. The maximum absolute atomic E-state index is 4.42. The topological polar surface area (TPSA) is 21.1 Å². The lowest BCUT2D eigenvalue weighted by molar-refractivity contribution is 0.297. The van der Waals surface area contributed by atoms with Gasteiger partial charge in [0, 0.05) is 44.4 Å². The van der Waals surface area contributed by atoms with Crippen LogP contribution in [0.5, 0.6) is 0 Å². The monoisotopic (exact) mass is 287 g/mol. The number of hydrogen-bond donors (Lipinski definition) is 0. The van der Waals surface area contributed by atoms with Crippen molar-refractivity contribution in [2.24, 2.45) is 7.05 Å². The maximum Gasteiger partial charge on any atom is 0.0947 e. The van der Waals surface area contributed by atoms with E-state index in [0.29, 0.717) is 0 Å². The van der Waals surface area contributed by atoms with Crippen molar-refractivity contribution in [2.75, 3.05) is 36.1 Å². The van der Waals surface area contributed by atoms with E-state index < -0.39 is 0 Å². The molecule has 3 nitrogen and oxygen atoms in total. The molecular weight excluding hydrogens is 262 g/mol. The fraction of sp³-hybridized carbons (Fsp3) is 0.769. The third-order valence-electron chi connectivity index (χ3n) is 2.66. The lowest BCUT2D eigenvalue weighted by atomic mass is 10.4. The largest absolute Gasteiger partial charge is 0.340 e. The second-order valence-corrected chi connectivity index (χ2v) is 6.99. The van der Waals surface area contributed by atoms with Crippen LogP contribution < -0.4 is 0 Å². The molecule has 1 aromatic heterocycles. The van der Waals surface area contributed by atoms with E-state index in [1.807, 2.05) is 41.5 Å². The van der Waals surface area contributed by atoms with Crippen LogP contribution >= 0.6 is 23.5 Å². The number of nitrogens with zero attached hydrogens (tertiary/aromatic N) is 3. The molecule has 104 valence electrons. The Labute approximate surface area is 120 Å². The molecule has 1 rings (SSSR count). The van der Waals surface area contributed by atoms with E-state index in [9.17, 15) is 0 Å². The van der Waals surface area contributed by atoms with Gasteiger partial charge in [-0.25, -0.2) is 4.98 Å². The Bertz CT molecular complexity index is 305. The van der Waals surface area contributed by atoms with E-state index in [-0.39, 0.29) is 0 Å². The summed E-state index contributed by atoms with van der Waals surface area (Å²) in [7, 11) is 2.03. The molecule has 0 aromatic carbocycles. The van der Waals surface area contributed by atoms with Gasteiger partial charge in [0.05, 0.1) is 12.0 Å². The van der Waals surface area contributed by atoms with E-state index in [0.717, 1.165) is 6.54 Å². The van der Waals surface area contributed by atoms with Crippen LogP contribution in [0.15, 0.2) is 12.5 Å². The maximum atomic E-state index is 4.42. The summed E-state index contributed by atoms with van der Waals surface area (Å²) in [5.74, 6) is 4.86. The summed E-state index contributed by atoms with van der Waals surface area (Å²) >= 11 is 4.03. The van der Waals surface area contributed by atoms with E-state index in [2.05, 4.69) is 29.9 Å². The fourth-order valence-electron chi connectivity index (χ4n) is 1.72. The van der Waals surface area contributed by atoms with Crippen molar-refractivity contribution in [3.05, 3.63) is 18.2 Å². The number of imidazole rings is 1. The van der Waals surface area contributed by atoms with Crippen molar-refractivity contribution < 1.29 is 0 Å². The predicted octanol–water partition coefficient (Wildman–Crippen LogP) is 2.73. The summed E-state index contributed by atoms with van der Waals surface area (Å²) in [6, 6.07) is 0. The molecule has 1 heterocycles. The van der Waals surface area contributed by atoms with E-state index in [1.165, 1.54) is 41.8 Å². The molecule has 0 atom stereocenters. The quantitative estimate of drug-likeness (QED) is 0.617. The van der Waals surface area contributed by atoms with Crippen LogP contribution in [-0.4, -0.2) is 50.6 Å². The Hall–Kier alpha value is -0.130. The molecule has 0 saturated carbocycles. The number of rotatable bonds is 10. The van der Waals surface area contributed by atoms with Crippen LogP contribution in [0, 0.1) is 0 Å². The van der Waals surface area contributed by atoms with Gasteiger partial charge in [-0.3, -0.25) is 4.90 Å². The molecule has 0 saturated heterocycles. The highest BCUT2D eigenvalue weighted by atomic mass is 32.2. The van der Waals surface area contributed by atoms with Crippen molar-refractivity contribution in [2.45, 2.75) is 20.4 Å². The van der Waals surface area contributed by atoms with Crippen LogP contribution in [0.25, 0.3) is 0 Å². The molecule has 0 aliphatic carbocycles. The van der Waals surface area contributed by atoms with Crippen molar-refractivity contribution in [3.8, 4) is 0 Å². The summed E-state index contributed by atoms with van der Waals surface area (Å²) < 4.78 is 2.02. The Morgan fingerprint density at radius 1 is 1.17 bits per heavy atom. The normalized spacial score (nSPS) is 11.3. The van der Waals surface area contributed by atoms with Crippen LogP contribution in [0.2, 0.25) is 0 Å². The van der Waals surface area contributed by atoms with Crippen molar-refractivity contribution in [3.63, 3.8) is 0 Å². The Morgan fingerprint density at radius 3 is 2.22 bits per heavy atom. The second-order valence-electron chi connectivity index (χ2n) is 4.20. The smallest absolute Gasteiger partial charge is 0.0947 e. The van der Waals surface area contributed by atoms with Crippen molar-refractivity contribution in [1.82, 2.24) is 14.5 Å². The SMILES string of the molecule is CCSCCN(CCSCC)Cc1cn(C)cn1. The van der Waals surface area contributed by atoms with E-state index in [4.69, 9.17) is 0 Å². The molecule has 0 unspecified atom stereocenters. The predicted molar refractivity (Wildman–Crippen MR) is 84.5 cm³/mol. The summed E-state index contributed by atoms with van der Waals surface area (Å²) in [5.41, 5.74) is 1.18. The lowest BCUT2D eigenvalue weighted by Crippen LogP contribution is -2.28. The van der Waals surface area contributed by atoms with Gasteiger partial charge in [-0.15, -0.1) is 0 Å². The highest BCUT2D eigenvalue weighted by Gasteiger charge is 2.07. The number of thioether (sulfide) groups is 2. The first-order chi connectivity index (χ1) is 8.76. The molecule has 0 amide bonds. The lowest BCUT2D eigenvalue weighted by Gasteiger charge is -2.20. The number of hydrogen-bond acceptors (Lipinski definition) is 4. The highest BCUT2D eigenvalue weighted by molar-refractivity contribution is 7.99. The zero-order chi connectivity index (χ0) is 13.2. The average Bonchev–Trinajstić information content (AvgIpc) is 2.75.